The number of carboxylic acid groups (broad SMARTS) is 1. The van der Waals surface area contributed by atoms with E-state index in [0.717, 1.165) is 18.8 Å². The number of hydrogen-bond acceptors (Lipinski definition) is 7. The zero-order chi connectivity index (χ0) is 23.0. The molecule has 2 aromatic rings. The first-order chi connectivity index (χ1) is 15.4. The van der Waals surface area contributed by atoms with Gasteiger partial charge in [0.25, 0.3) is 0 Å². The van der Waals surface area contributed by atoms with Gasteiger partial charge < -0.3 is 24.3 Å². The fraction of sp³-hybridized carbons (Fsp3) is 0.208. The monoisotopic (exact) mass is 434 g/mol. The van der Waals surface area contributed by atoms with Gasteiger partial charge in [-0.1, -0.05) is 12.1 Å². The molecule has 1 aliphatic carbocycles. The predicted octanol–water partition coefficient (Wildman–Crippen LogP) is 4.22. The second-order valence-corrected chi connectivity index (χ2v) is 7.18. The van der Waals surface area contributed by atoms with Crippen molar-refractivity contribution >= 4 is 22.8 Å². The molecule has 0 saturated heterocycles. The fourth-order valence-corrected chi connectivity index (χ4v) is 3.82. The van der Waals surface area contributed by atoms with E-state index >= 15 is 0 Å². The number of ether oxygens (including phenoxy) is 1. The molecule has 0 saturated carbocycles. The van der Waals surface area contributed by atoms with Crippen LogP contribution in [0, 0.1) is 0 Å². The Balaban J connectivity index is 2.04. The Hall–Kier alpha value is -4.07. The highest BCUT2D eigenvalue weighted by Gasteiger charge is 2.31. The molecule has 0 amide bonds. The van der Waals surface area contributed by atoms with Crippen LogP contribution in [0.5, 0.6) is 11.5 Å². The number of nitrogens with zero attached hydrogens (tertiary/aromatic N) is 2. The fourth-order valence-electron chi connectivity index (χ4n) is 3.82. The Morgan fingerprint density at radius 2 is 1.81 bits per heavy atom. The van der Waals surface area contributed by atoms with E-state index in [9.17, 15) is 19.8 Å². The van der Waals surface area contributed by atoms with E-state index < -0.39 is 17.1 Å². The van der Waals surface area contributed by atoms with E-state index in [-0.39, 0.29) is 22.6 Å². The summed E-state index contributed by atoms with van der Waals surface area (Å²) in [6.45, 7) is 5.62. The summed E-state index contributed by atoms with van der Waals surface area (Å²) in [4.78, 5) is 31.8. The molecule has 32 heavy (non-hydrogen) atoms. The van der Waals surface area contributed by atoms with Crippen LogP contribution in [0.2, 0.25) is 0 Å². The largest absolute Gasteiger partial charge is 0.501 e. The van der Waals surface area contributed by atoms with Gasteiger partial charge in [0.15, 0.2) is 11.3 Å². The van der Waals surface area contributed by atoms with Crippen molar-refractivity contribution in [3.05, 3.63) is 58.3 Å². The number of methoxy groups -OCH3 is 1. The van der Waals surface area contributed by atoms with Crippen LogP contribution < -0.4 is 15.1 Å². The van der Waals surface area contributed by atoms with Crippen LogP contribution in [0.15, 0.2) is 51.7 Å². The molecule has 8 heteroatoms. The summed E-state index contributed by atoms with van der Waals surface area (Å²) in [6, 6.07) is 11.7. The molecule has 8 nitrogen and oxygen atoms in total. The normalized spacial score (nSPS) is 11.1. The molecule has 0 spiro atoms. The summed E-state index contributed by atoms with van der Waals surface area (Å²) < 4.78 is 11.0. The van der Waals surface area contributed by atoms with Crippen molar-refractivity contribution in [1.29, 1.82) is 0 Å². The maximum absolute atomic E-state index is 13.0. The smallest absolute Gasteiger partial charge is 0.338 e. The van der Waals surface area contributed by atoms with Crippen LogP contribution in [0.1, 0.15) is 24.2 Å². The summed E-state index contributed by atoms with van der Waals surface area (Å²) in [7, 11) is 1.50. The number of anilines is 1. The number of fused-ring (bicyclic) bond motifs is 2. The van der Waals surface area contributed by atoms with Gasteiger partial charge in [0.05, 0.1) is 12.7 Å². The minimum absolute atomic E-state index is 0.0940. The standard InChI is InChI=1S/C24H22N2O6/c1-4-26(5-2)14-8-11-16-17(12-14)32-23-20(25-16)19(24(29)30)18(21(27)22(23)28)13-6-9-15(31-3)10-7-13/h6-12,28H,4-5H2,1-3H3,(H,29,30). The van der Waals surface area contributed by atoms with Crippen molar-refractivity contribution in [1.82, 2.24) is 4.98 Å². The van der Waals surface area contributed by atoms with Crippen molar-refractivity contribution in [2.24, 2.45) is 0 Å². The maximum atomic E-state index is 13.0. The zero-order valence-electron chi connectivity index (χ0n) is 17.9. The highest BCUT2D eigenvalue weighted by molar-refractivity contribution is 6.04. The van der Waals surface area contributed by atoms with Gasteiger partial charge in [-0.15, -0.1) is 0 Å². The topological polar surface area (TPSA) is 113 Å². The van der Waals surface area contributed by atoms with Crippen molar-refractivity contribution in [2.45, 2.75) is 13.8 Å². The Morgan fingerprint density at radius 3 is 2.41 bits per heavy atom. The Kier molecular flexibility index (Phi) is 5.44. The van der Waals surface area contributed by atoms with Crippen LogP contribution in [0.3, 0.4) is 0 Å². The number of phenolic OH excluding ortho intramolecular Hbond substituents is 1. The lowest BCUT2D eigenvalue weighted by Gasteiger charge is -2.21. The minimum atomic E-state index is -1.35. The number of carbonyl (C=O) groups is 1. The predicted molar refractivity (Wildman–Crippen MR) is 121 cm³/mol. The summed E-state index contributed by atoms with van der Waals surface area (Å²) in [5.41, 5.74) is 0.540. The first kappa shape index (κ1) is 21.2. The number of benzene rings is 3. The van der Waals surface area contributed by atoms with Gasteiger partial charge in [0.2, 0.25) is 11.2 Å². The molecule has 0 bridgehead atoms. The molecule has 4 rings (SSSR count). The van der Waals surface area contributed by atoms with Gasteiger partial charge in [0, 0.05) is 24.8 Å². The quantitative estimate of drug-likeness (QED) is 0.434. The lowest BCUT2D eigenvalue weighted by Crippen LogP contribution is -2.21. The molecule has 1 heterocycles. The lowest BCUT2D eigenvalue weighted by atomic mass is 9.94. The van der Waals surface area contributed by atoms with E-state index in [1.807, 2.05) is 19.9 Å². The van der Waals surface area contributed by atoms with E-state index in [2.05, 4.69) is 9.88 Å². The third kappa shape index (κ3) is 3.39. The molecule has 0 fully saturated rings. The summed E-state index contributed by atoms with van der Waals surface area (Å²) >= 11 is 0. The number of rotatable bonds is 6. The molecule has 0 radical (unpaired) electrons. The first-order valence-electron chi connectivity index (χ1n) is 10.2. The molecule has 0 unspecified atom stereocenters. The van der Waals surface area contributed by atoms with E-state index in [1.165, 1.54) is 7.11 Å². The van der Waals surface area contributed by atoms with Crippen LogP contribution >= 0.6 is 0 Å². The van der Waals surface area contributed by atoms with Crippen molar-refractivity contribution < 1.29 is 24.2 Å². The number of hydrogen-bond donors (Lipinski definition) is 2. The Bertz CT molecular complexity index is 1340. The molecular weight excluding hydrogens is 412 g/mol. The number of aromatic hydroxyl groups is 1. The van der Waals surface area contributed by atoms with Crippen LogP contribution in [-0.2, 0) is 0 Å². The highest BCUT2D eigenvalue weighted by Crippen LogP contribution is 2.38. The minimum Gasteiger partial charge on any atom is -0.501 e. The highest BCUT2D eigenvalue weighted by atomic mass is 16.5. The Labute approximate surface area is 183 Å². The van der Waals surface area contributed by atoms with Crippen LogP contribution in [0.25, 0.3) is 33.7 Å². The lowest BCUT2D eigenvalue weighted by molar-refractivity contribution is 0.0698. The van der Waals surface area contributed by atoms with Crippen molar-refractivity contribution in [2.75, 3.05) is 25.1 Å². The second kappa shape index (κ2) is 8.22. The number of aromatic nitrogens is 1. The average Bonchev–Trinajstić information content (AvgIpc) is 2.81. The average molecular weight is 434 g/mol. The summed E-state index contributed by atoms with van der Waals surface area (Å²) in [5, 5.41) is 20.6. The molecule has 2 N–H and O–H groups in total. The summed E-state index contributed by atoms with van der Waals surface area (Å²) in [6.07, 6.45) is 0. The third-order valence-corrected chi connectivity index (χ3v) is 5.47. The van der Waals surface area contributed by atoms with Gasteiger partial charge in [-0.3, -0.25) is 4.79 Å². The summed E-state index contributed by atoms with van der Waals surface area (Å²) in [5.74, 6) is -1.74. The van der Waals surface area contributed by atoms with Gasteiger partial charge in [-0.05, 0) is 43.7 Å². The van der Waals surface area contributed by atoms with Crippen LogP contribution in [0.4, 0.5) is 5.69 Å². The molecule has 2 aromatic carbocycles. The van der Waals surface area contributed by atoms with Crippen molar-refractivity contribution in [3.63, 3.8) is 0 Å². The van der Waals surface area contributed by atoms with Gasteiger partial charge in [-0.25, -0.2) is 9.78 Å². The Morgan fingerprint density at radius 1 is 1.12 bits per heavy atom. The molecule has 1 aliphatic heterocycles. The van der Waals surface area contributed by atoms with E-state index in [4.69, 9.17) is 9.15 Å². The maximum Gasteiger partial charge on any atom is 0.338 e. The number of phenols is 1. The molecular formula is C24H22N2O6. The van der Waals surface area contributed by atoms with Gasteiger partial charge >= 0.3 is 5.97 Å². The second-order valence-electron chi connectivity index (χ2n) is 7.18. The molecule has 164 valence electrons. The molecule has 0 aromatic heterocycles. The first-order valence-corrected chi connectivity index (χ1v) is 10.2. The van der Waals surface area contributed by atoms with Gasteiger partial charge in [0.1, 0.15) is 22.5 Å². The SMILES string of the molecule is CCN(CC)c1ccc2nc3c(C(=O)O)c(-c4ccc(OC)cc4)c(=O)c(O)c-3oc2c1. The van der Waals surface area contributed by atoms with Gasteiger partial charge in [-0.2, -0.15) is 0 Å². The number of carboxylic acids is 1. The number of aromatic carboxylic acids is 1. The molecule has 0 atom stereocenters. The third-order valence-electron chi connectivity index (χ3n) is 5.47. The molecule has 2 aliphatic rings. The van der Waals surface area contributed by atoms with Crippen LogP contribution in [-0.4, -0.2) is 41.4 Å². The van der Waals surface area contributed by atoms with Crippen molar-refractivity contribution in [3.8, 4) is 34.1 Å². The van der Waals surface area contributed by atoms with E-state index in [1.54, 1.807) is 36.4 Å². The van der Waals surface area contributed by atoms with E-state index in [0.29, 0.717) is 22.4 Å². The zero-order valence-corrected chi connectivity index (χ0v) is 17.9.